The first-order chi connectivity index (χ1) is 17.8. The van der Waals surface area contributed by atoms with E-state index in [2.05, 4.69) is 21.9 Å². The lowest BCUT2D eigenvalue weighted by Crippen LogP contribution is -2.49. The third-order valence-electron chi connectivity index (χ3n) is 8.38. The molecule has 198 valence electrons. The van der Waals surface area contributed by atoms with Crippen molar-refractivity contribution in [1.82, 2.24) is 9.80 Å². The van der Waals surface area contributed by atoms with Gasteiger partial charge in [0, 0.05) is 36.3 Å². The van der Waals surface area contributed by atoms with Crippen molar-refractivity contribution in [3.8, 4) is 0 Å². The van der Waals surface area contributed by atoms with E-state index in [1.54, 1.807) is 4.90 Å². The number of aliphatic imine (C=N–C) groups is 1. The number of piperidine rings is 1. The third-order valence-corrected chi connectivity index (χ3v) is 8.62. The van der Waals surface area contributed by atoms with Crippen LogP contribution < -0.4 is 5.32 Å². The zero-order valence-corrected chi connectivity index (χ0v) is 22.1. The molecule has 1 saturated heterocycles. The van der Waals surface area contributed by atoms with Gasteiger partial charge in [-0.15, -0.1) is 0 Å². The third kappa shape index (κ3) is 4.94. The second-order valence-corrected chi connectivity index (χ2v) is 11.1. The number of likely N-dealkylation sites (tertiary alicyclic amines) is 1. The van der Waals surface area contributed by atoms with E-state index in [0.717, 1.165) is 67.9 Å². The van der Waals surface area contributed by atoms with Gasteiger partial charge in [0.25, 0.3) is 0 Å². The van der Waals surface area contributed by atoms with Crippen molar-refractivity contribution in [3.63, 3.8) is 0 Å². The number of nitrogens with one attached hydrogen (secondary N) is 1. The van der Waals surface area contributed by atoms with E-state index in [9.17, 15) is 14.7 Å². The second kappa shape index (κ2) is 10.6. The maximum atomic E-state index is 12.9. The van der Waals surface area contributed by atoms with Crippen molar-refractivity contribution in [2.75, 3.05) is 38.2 Å². The molecule has 3 aliphatic heterocycles. The highest BCUT2D eigenvalue weighted by Gasteiger charge is 2.48. The summed E-state index contributed by atoms with van der Waals surface area (Å²) in [6.07, 6.45) is 6.13. The average Bonchev–Trinajstić information content (AvgIpc) is 3.12. The van der Waals surface area contributed by atoms with Gasteiger partial charge in [-0.2, -0.15) is 0 Å². The van der Waals surface area contributed by atoms with Gasteiger partial charge in [0.2, 0.25) is 11.8 Å². The fourth-order valence-electron chi connectivity index (χ4n) is 6.16. The summed E-state index contributed by atoms with van der Waals surface area (Å²) in [7, 11) is 0. The van der Waals surface area contributed by atoms with E-state index in [1.807, 2.05) is 31.2 Å². The van der Waals surface area contributed by atoms with Crippen LogP contribution in [0.4, 0.5) is 5.69 Å². The smallest absolute Gasteiger partial charge is 0.235 e. The van der Waals surface area contributed by atoms with Crippen LogP contribution in [0.15, 0.2) is 46.4 Å². The fourth-order valence-corrected chi connectivity index (χ4v) is 6.33. The molecule has 1 aliphatic carbocycles. The molecule has 2 amide bonds. The summed E-state index contributed by atoms with van der Waals surface area (Å²) in [5, 5.41) is 13.0. The van der Waals surface area contributed by atoms with Gasteiger partial charge in [-0.3, -0.25) is 19.4 Å². The van der Waals surface area contributed by atoms with E-state index in [4.69, 9.17) is 16.3 Å². The van der Waals surface area contributed by atoms with Crippen molar-refractivity contribution < 1.29 is 19.4 Å². The molecule has 1 spiro atoms. The summed E-state index contributed by atoms with van der Waals surface area (Å²) in [6.45, 7) is 8.74. The van der Waals surface area contributed by atoms with Crippen LogP contribution in [0.5, 0.6) is 0 Å². The largest absolute Gasteiger partial charge is 0.497 e. The van der Waals surface area contributed by atoms with Crippen molar-refractivity contribution in [3.05, 3.63) is 52.0 Å². The van der Waals surface area contributed by atoms with Crippen molar-refractivity contribution in [2.24, 2.45) is 10.9 Å². The minimum absolute atomic E-state index is 0.0724. The Morgan fingerprint density at radius 1 is 1.30 bits per heavy atom. The molecule has 0 unspecified atom stereocenters. The number of rotatable bonds is 8. The van der Waals surface area contributed by atoms with E-state index in [0.29, 0.717) is 30.3 Å². The number of aliphatic hydroxyl groups excluding tert-OH is 1. The predicted octanol–water partition coefficient (Wildman–Crippen LogP) is 3.85. The predicted molar refractivity (Wildman–Crippen MR) is 143 cm³/mol. The number of hydrogen-bond donors (Lipinski definition) is 2. The molecule has 3 heterocycles. The van der Waals surface area contributed by atoms with Crippen molar-refractivity contribution in [1.29, 1.82) is 0 Å². The van der Waals surface area contributed by atoms with Crippen LogP contribution in [0.25, 0.3) is 0 Å². The molecule has 0 atom stereocenters. The molecule has 4 aliphatic rings. The molecule has 1 aromatic carbocycles. The lowest BCUT2D eigenvalue weighted by Gasteiger charge is -2.44. The Kier molecular flexibility index (Phi) is 7.43. The lowest BCUT2D eigenvalue weighted by molar-refractivity contribution is -0.135. The summed E-state index contributed by atoms with van der Waals surface area (Å²) in [6, 6.07) is 5.72. The quantitative estimate of drug-likeness (QED) is 0.396. The van der Waals surface area contributed by atoms with Gasteiger partial charge in [0.15, 0.2) is 0 Å². The van der Waals surface area contributed by atoms with Crippen LogP contribution in [0.2, 0.25) is 5.02 Å². The zero-order chi connectivity index (χ0) is 26.2. The highest BCUT2D eigenvalue weighted by atomic mass is 35.5. The van der Waals surface area contributed by atoms with Gasteiger partial charge in [0.1, 0.15) is 12.4 Å². The topological polar surface area (TPSA) is 94.5 Å². The number of benzene rings is 1. The highest BCUT2D eigenvalue weighted by Crippen LogP contribution is 2.45. The standard InChI is InChI=1S/C28H35ClN4O4/c1-18(13-20-3-6-25(35)33(26(20)30-2)22-14-19(15-22)17-34)37-12-11-32-9-7-28(8-10-32)23-16-21(29)4-5-24(23)31-27(28)36/h4-5,13,16,19,22,34H,2-3,6-12,14-15,17H2,1H3,(H,31,36)/b18-13+. The first-order valence-electron chi connectivity index (χ1n) is 13.1. The molecule has 5 rings (SSSR count). The maximum absolute atomic E-state index is 12.9. The summed E-state index contributed by atoms with van der Waals surface area (Å²) >= 11 is 6.23. The van der Waals surface area contributed by atoms with E-state index >= 15 is 0 Å². The van der Waals surface area contributed by atoms with Gasteiger partial charge in [-0.1, -0.05) is 11.6 Å². The van der Waals surface area contributed by atoms with Crippen molar-refractivity contribution in [2.45, 2.75) is 56.9 Å². The monoisotopic (exact) mass is 526 g/mol. The molecule has 1 aromatic rings. The Bertz CT molecular complexity index is 1150. The molecule has 0 bridgehead atoms. The zero-order valence-electron chi connectivity index (χ0n) is 21.3. The second-order valence-electron chi connectivity index (χ2n) is 10.6. The minimum Gasteiger partial charge on any atom is -0.497 e. The molecule has 37 heavy (non-hydrogen) atoms. The molecule has 0 aromatic heterocycles. The summed E-state index contributed by atoms with van der Waals surface area (Å²) in [4.78, 5) is 33.8. The lowest BCUT2D eigenvalue weighted by atomic mass is 9.73. The normalized spacial score (nSPS) is 25.7. The number of allylic oxidation sites excluding steroid dienone is 3. The van der Waals surface area contributed by atoms with Crippen LogP contribution in [0, 0.1) is 5.92 Å². The number of amides is 2. The molecular formula is C28H35ClN4O4. The number of aliphatic hydroxyl groups is 1. The van der Waals surface area contributed by atoms with E-state index < -0.39 is 5.41 Å². The van der Waals surface area contributed by atoms with Crippen LogP contribution in [0.1, 0.15) is 51.0 Å². The number of carbonyl (C=O) groups is 2. The van der Waals surface area contributed by atoms with E-state index in [1.165, 1.54) is 0 Å². The number of hydrogen-bond acceptors (Lipinski definition) is 6. The Hall–Kier alpha value is -2.68. The Morgan fingerprint density at radius 2 is 2.05 bits per heavy atom. The average molecular weight is 527 g/mol. The first-order valence-corrected chi connectivity index (χ1v) is 13.5. The van der Waals surface area contributed by atoms with Crippen LogP contribution in [-0.4, -0.2) is 72.3 Å². The summed E-state index contributed by atoms with van der Waals surface area (Å²) < 4.78 is 6.04. The van der Waals surface area contributed by atoms with Gasteiger partial charge in [-0.25, -0.2) is 4.99 Å². The van der Waals surface area contributed by atoms with Gasteiger partial charge in [-0.05, 0) is 100 Å². The van der Waals surface area contributed by atoms with Crippen LogP contribution in [0.3, 0.4) is 0 Å². The number of anilines is 1. The molecule has 1 saturated carbocycles. The fraction of sp³-hybridized carbons (Fsp3) is 0.536. The SMILES string of the molecule is C=NC1=C(/C=C(\C)OCCN2CCC3(CC2)C(=O)Nc2ccc(Cl)cc23)CCC(=O)N1C1CC(CO)C1. The highest BCUT2D eigenvalue weighted by molar-refractivity contribution is 6.31. The molecule has 2 fully saturated rings. The van der Waals surface area contributed by atoms with Crippen molar-refractivity contribution >= 4 is 35.8 Å². The number of fused-ring (bicyclic) bond motifs is 2. The van der Waals surface area contributed by atoms with Crippen LogP contribution in [-0.2, 0) is 19.7 Å². The summed E-state index contributed by atoms with van der Waals surface area (Å²) in [5.74, 6) is 1.81. The number of carbonyl (C=O) groups excluding carboxylic acids is 2. The Labute approximate surface area is 223 Å². The summed E-state index contributed by atoms with van der Waals surface area (Å²) in [5.41, 5.74) is 2.37. The first kappa shape index (κ1) is 25.9. The minimum atomic E-state index is -0.490. The molecular weight excluding hydrogens is 492 g/mol. The maximum Gasteiger partial charge on any atom is 0.235 e. The number of ether oxygens (including phenoxy) is 1. The van der Waals surface area contributed by atoms with E-state index in [-0.39, 0.29) is 30.4 Å². The molecule has 8 nitrogen and oxygen atoms in total. The van der Waals surface area contributed by atoms with Crippen LogP contribution >= 0.6 is 11.6 Å². The molecule has 9 heteroatoms. The molecule has 0 radical (unpaired) electrons. The molecule has 2 N–H and O–H groups in total. The van der Waals surface area contributed by atoms with Gasteiger partial charge < -0.3 is 15.2 Å². The number of halogens is 1. The van der Waals surface area contributed by atoms with Gasteiger partial charge >= 0.3 is 0 Å². The number of nitrogens with zero attached hydrogens (tertiary/aromatic N) is 3. The Balaban J connectivity index is 1.16. The Morgan fingerprint density at radius 3 is 2.76 bits per heavy atom. The van der Waals surface area contributed by atoms with Gasteiger partial charge in [0.05, 0.1) is 11.2 Å².